The van der Waals surface area contributed by atoms with Gasteiger partial charge in [-0.2, -0.15) is 5.26 Å². The van der Waals surface area contributed by atoms with Crippen LogP contribution in [-0.4, -0.2) is 41.8 Å². The Kier molecular flexibility index (Phi) is 6.25. The second-order valence-electron chi connectivity index (χ2n) is 7.98. The molecule has 1 aliphatic rings. The summed E-state index contributed by atoms with van der Waals surface area (Å²) in [6.07, 6.45) is 2.73. The molecular weight excluding hydrogens is 278 g/mol. The van der Waals surface area contributed by atoms with E-state index in [4.69, 9.17) is 10.00 Å². The molecule has 1 saturated heterocycles. The van der Waals surface area contributed by atoms with Crippen LogP contribution in [0.1, 0.15) is 60.8 Å². The lowest BCUT2D eigenvalue weighted by molar-refractivity contribution is 0.0214. The Morgan fingerprint density at radius 3 is 2.59 bits per heavy atom. The van der Waals surface area contributed by atoms with Crippen LogP contribution in [0.2, 0.25) is 0 Å². The largest absolute Gasteiger partial charge is 0.444 e. The average molecular weight is 309 g/mol. The third kappa shape index (κ3) is 6.23. The van der Waals surface area contributed by atoms with E-state index >= 15 is 0 Å². The molecule has 2 atom stereocenters. The summed E-state index contributed by atoms with van der Waals surface area (Å²) < 4.78 is 5.49. The number of hydrogen-bond donors (Lipinski definition) is 1. The molecular formula is C17H31N3O2. The summed E-state index contributed by atoms with van der Waals surface area (Å²) in [6.45, 7) is 13.1. The summed E-state index contributed by atoms with van der Waals surface area (Å²) in [5.74, 6) is 0. The van der Waals surface area contributed by atoms with E-state index in [9.17, 15) is 4.79 Å². The first-order valence-corrected chi connectivity index (χ1v) is 8.18. The molecule has 126 valence electrons. The average Bonchev–Trinajstić information content (AvgIpc) is 2.83. The molecule has 0 saturated carbocycles. The predicted molar refractivity (Wildman–Crippen MR) is 87.4 cm³/mol. The molecule has 0 aromatic heterocycles. The van der Waals surface area contributed by atoms with Gasteiger partial charge in [-0.1, -0.05) is 0 Å². The zero-order chi connectivity index (χ0) is 17.0. The normalized spacial score (nSPS) is 20.6. The third-order valence-corrected chi connectivity index (χ3v) is 3.83. The zero-order valence-corrected chi connectivity index (χ0v) is 14.9. The van der Waals surface area contributed by atoms with Crippen LogP contribution < -0.4 is 5.32 Å². The molecule has 5 heteroatoms. The minimum absolute atomic E-state index is 0.209. The van der Waals surface area contributed by atoms with E-state index in [1.807, 2.05) is 39.5 Å². The van der Waals surface area contributed by atoms with Crippen molar-refractivity contribution in [3.63, 3.8) is 0 Å². The summed E-state index contributed by atoms with van der Waals surface area (Å²) in [5.41, 5.74) is -0.820. The highest BCUT2D eigenvalue weighted by atomic mass is 16.6. The lowest BCUT2D eigenvalue weighted by atomic mass is 9.95. The summed E-state index contributed by atoms with van der Waals surface area (Å²) in [5, 5.41) is 12.5. The van der Waals surface area contributed by atoms with Gasteiger partial charge in [-0.25, -0.2) is 4.79 Å². The Morgan fingerprint density at radius 1 is 1.41 bits per heavy atom. The van der Waals surface area contributed by atoms with Crippen LogP contribution in [0.25, 0.3) is 0 Å². The van der Waals surface area contributed by atoms with Crippen LogP contribution in [0.4, 0.5) is 4.79 Å². The van der Waals surface area contributed by atoms with Crippen molar-refractivity contribution in [3.8, 4) is 6.07 Å². The van der Waals surface area contributed by atoms with Crippen molar-refractivity contribution in [1.29, 1.82) is 5.26 Å². The second kappa shape index (κ2) is 7.32. The van der Waals surface area contributed by atoms with E-state index in [0.717, 1.165) is 25.8 Å². The molecule has 2 unspecified atom stereocenters. The number of carbonyl (C=O) groups is 1. The highest BCUT2D eigenvalue weighted by molar-refractivity contribution is 5.68. The maximum Gasteiger partial charge on any atom is 0.410 e. The Labute approximate surface area is 135 Å². The third-order valence-electron chi connectivity index (χ3n) is 3.83. The zero-order valence-electron chi connectivity index (χ0n) is 14.9. The van der Waals surface area contributed by atoms with Gasteiger partial charge >= 0.3 is 6.09 Å². The quantitative estimate of drug-likeness (QED) is 0.846. The molecule has 0 aliphatic carbocycles. The van der Waals surface area contributed by atoms with E-state index < -0.39 is 5.60 Å². The van der Waals surface area contributed by atoms with E-state index in [1.165, 1.54) is 0 Å². The Bertz CT molecular complexity index is 421. The van der Waals surface area contributed by atoms with Gasteiger partial charge in [-0.15, -0.1) is 0 Å². The number of rotatable bonds is 5. The molecule has 1 aliphatic heterocycles. The monoisotopic (exact) mass is 309 g/mol. The molecule has 1 N–H and O–H groups in total. The molecule has 5 nitrogen and oxygen atoms in total. The number of hydrogen-bond acceptors (Lipinski definition) is 4. The number of nitrogens with one attached hydrogen (secondary N) is 1. The fraction of sp³-hybridized carbons (Fsp3) is 0.882. The number of carbonyl (C=O) groups excluding carboxylic acids is 1. The molecule has 0 spiro atoms. The Balaban J connectivity index is 2.50. The van der Waals surface area contributed by atoms with Crippen LogP contribution in [0.3, 0.4) is 0 Å². The summed E-state index contributed by atoms with van der Waals surface area (Å²) in [4.78, 5) is 14.1. The van der Waals surface area contributed by atoms with Gasteiger partial charge in [0, 0.05) is 25.2 Å². The van der Waals surface area contributed by atoms with Crippen molar-refractivity contribution in [2.24, 2.45) is 5.41 Å². The smallest absolute Gasteiger partial charge is 0.410 e. The van der Waals surface area contributed by atoms with Gasteiger partial charge in [0.15, 0.2) is 0 Å². The lowest BCUT2D eigenvalue weighted by Crippen LogP contribution is -2.43. The number of likely N-dealkylation sites (tertiary alicyclic amines) is 1. The van der Waals surface area contributed by atoms with E-state index in [1.54, 1.807) is 0 Å². The van der Waals surface area contributed by atoms with Crippen molar-refractivity contribution in [2.75, 3.05) is 13.1 Å². The van der Waals surface area contributed by atoms with E-state index in [2.05, 4.69) is 18.3 Å². The maximum absolute atomic E-state index is 12.3. The van der Waals surface area contributed by atoms with Crippen LogP contribution in [0.15, 0.2) is 0 Å². The molecule has 0 aromatic rings. The van der Waals surface area contributed by atoms with E-state index in [-0.39, 0.29) is 23.6 Å². The molecule has 1 amide bonds. The van der Waals surface area contributed by atoms with Gasteiger partial charge in [0.1, 0.15) is 5.60 Å². The number of nitriles is 1. The van der Waals surface area contributed by atoms with Crippen LogP contribution in [-0.2, 0) is 4.74 Å². The van der Waals surface area contributed by atoms with Crippen LogP contribution in [0, 0.1) is 16.7 Å². The first-order valence-electron chi connectivity index (χ1n) is 8.18. The first-order chi connectivity index (χ1) is 10.0. The van der Waals surface area contributed by atoms with Crippen LogP contribution >= 0.6 is 0 Å². The molecule has 1 heterocycles. The number of ether oxygens (including phenoxy) is 1. The summed E-state index contributed by atoms with van der Waals surface area (Å²) >= 11 is 0. The van der Waals surface area contributed by atoms with Gasteiger partial charge in [0.05, 0.1) is 11.5 Å². The van der Waals surface area contributed by atoms with Gasteiger partial charge < -0.3 is 15.0 Å². The fourth-order valence-corrected chi connectivity index (χ4v) is 2.60. The predicted octanol–water partition coefficient (Wildman–Crippen LogP) is 3.30. The maximum atomic E-state index is 12.3. The van der Waals surface area contributed by atoms with Crippen molar-refractivity contribution in [1.82, 2.24) is 10.2 Å². The van der Waals surface area contributed by atoms with Crippen LogP contribution in [0.5, 0.6) is 0 Å². The second-order valence-corrected chi connectivity index (χ2v) is 7.98. The standard InChI is InChI=1S/C17H31N3O2/c1-13(19-12-17(5,6)11-18)10-14-8-7-9-20(14)15(21)22-16(2,3)4/h13-14,19H,7-10,12H2,1-6H3. The Morgan fingerprint density at radius 2 is 2.05 bits per heavy atom. The molecule has 1 fully saturated rings. The molecule has 1 rings (SSSR count). The van der Waals surface area contributed by atoms with Crippen molar-refractivity contribution >= 4 is 6.09 Å². The lowest BCUT2D eigenvalue weighted by Gasteiger charge is -2.30. The number of nitrogens with zero attached hydrogens (tertiary/aromatic N) is 2. The molecule has 22 heavy (non-hydrogen) atoms. The van der Waals surface area contributed by atoms with Crippen molar-refractivity contribution in [2.45, 2.75) is 78.5 Å². The number of amides is 1. The van der Waals surface area contributed by atoms with Crippen molar-refractivity contribution < 1.29 is 9.53 Å². The topological polar surface area (TPSA) is 65.4 Å². The molecule has 0 radical (unpaired) electrons. The van der Waals surface area contributed by atoms with E-state index in [0.29, 0.717) is 6.54 Å². The minimum Gasteiger partial charge on any atom is -0.444 e. The Hall–Kier alpha value is -1.28. The SMILES string of the molecule is CC(CC1CCCN1C(=O)OC(C)(C)C)NCC(C)(C)C#N. The molecule has 0 aromatic carbocycles. The highest BCUT2D eigenvalue weighted by Gasteiger charge is 2.33. The van der Waals surface area contributed by atoms with Gasteiger partial charge in [0.25, 0.3) is 0 Å². The highest BCUT2D eigenvalue weighted by Crippen LogP contribution is 2.24. The summed E-state index contributed by atoms with van der Waals surface area (Å²) in [7, 11) is 0. The molecule has 0 bridgehead atoms. The minimum atomic E-state index is -0.453. The van der Waals surface area contributed by atoms with Crippen molar-refractivity contribution in [3.05, 3.63) is 0 Å². The van der Waals surface area contributed by atoms with Gasteiger partial charge in [-0.3, -0.25) is 0 Å². The first kappa shape index (κ1) is 18.8. The van der Waals surface area contributed by atoms with Gasteiger partial charge in [-0.05, 0) is 60.8 Å². The fourth-order valence-electron chi connectivity index (χ4n) is 2.60. The van der Waals surface area contributed by atoms with Gasteiger partial charge in [0.2, 0.25) is 0 Å². The summed E-state index contributed by atoms with van der Waals surface area (Å²) in [6, 6.07) is 2.79.